The Morgan fingerprint density at radius 1 is 1.56 bits per heavy atom. The second-order valence-electron chi connectivity index (χ2n) is 3.83. The molecule has 2 amide bonds. The summed E-state index contributed by atoms with van der Waals surface area (Å²) in [6.07, 6.45) is 1.19. The molecular formula is C11H14N2O2S. The van der Waals surface area contributed by atoms with Crippen LogP contribution in [0.25, 0.3) is 0 Å². The minimum absolute atomic E-state index is 0.0985. The van der Waals surface area contributed by atoms with Gasteiger partial charge in [0.15, 0.2) is 0 Å². The molecule has 1 aliphatic rings. The van der Waals surface area contributed by atoms with Gasteiger partial charge >= 0.3 is 0 Å². The van der Waals surface area contributed by atoms with E-state index in [1.165, 1.54) is 16.8 Å². The van der Waals surface area contributed by atoms with Gasteiger partial charge in [-0.2, -0.15) is 0 Å². The van der Waals surface area contributed by atoms with Gasteiger partial charge in [0, 0.05) is 18.5 Å². The molecule has 1 atom stereocenters. The largest absolute Gasteiger partial charge is 0.305 e. The van der Waals surface area contributed by atoms with E-state index in [-0.39, 0.29) is 17.9 Å². The summed E-state index contributed by atoms with van der Waals surface area (Å²) in [6, 6.07) is 3.76. The zero-order valence-electron chi connectivity index (χ0n) is 9.10. The Morgan fingerprint density at radius 2 is 2.38 bits per heavy atom. The van der Waals surface area contributed by atoms with Gasteiger partial charge < -0.3 is 5.32 Å². The third kappa shape index (κ3) is 2.31. The molecule has 0 bridgehead atoms. The molecule has 0 aliphatic carbocycles. The number of nitrogens with one attached hydrogen (secondary N) is 1. The first kappa shape index (κ1) is 11.3. The molecule has 2 rings (SSSR count). The molecule has 1 aromatic rings. The lowest BCUT2D eigenvalue weighted by Gasteiger charge is -2.10. The Kier molecular flexibility index (Phi) is 3.36. The Hall–Kier alpha value is -1.20. The average Bonchev–Trinajstić information content (AvgIpc) is 2.85. The van der Waals surface area contributed by atoms with E-state index in [9.17, 15) is 9.59 Å². The van der Waals surface area contributed by atoms with Gasteiger partial charge in [-0.15, -0.1) is 11.3 Å². The molecule has 0 radical (unpaired) electrons. The highest BCUT2D eigenvalue weighted by atomic mass is 32.1. The fraction of sp³-hybridized carbons (Fsp3) is 0.455. The smallest absolute Gasteiger partial charge is 0.246 e. The molecule has 1 fully saturated rings. The van der Waals surface area contributed by atoms with Crippen LogP contribution in [0.1, 0.15) is 11.3 Å². The highest BCUT2D eigenvalue weighted by molar-refractivity contribution is 7.09. The average molecular weight is 238 g/mol. The molecule has 0 saturated carbocycles. The van der Waals surface area contributed by atoms with Gasteiger partial charge in [-0.3, -0.25) is 14.5 Å². The highest BCUT2D eigenvalue weighted by Gasteiger charge is 2.35. The van der Waals surface area contributed by atoms with Gasteiger partial charge in [0.1, 0.15) is 0 Å². The van der Waals surface area contributed by atoms with Crippen molar-refractivity contribution < 1.29 is 9.59 Å². The van der Waals surface area contributed by atoms with E-state index in [4.69, 9.17) is 0 Å². The summed E-state index contributed by atoms with van der Waals surface area (Å²) in [4.78, 5) is 25.3. The predicted molar refractivity (Wildman–Crippen MR) is 62.2 cm³/mol. The van der Waals surface area contributed by atoms with Crippen molar-refractivity contribution in [3.63, 3.8) is 0 Å². The number of likely N-dealkylation sites (N-methyl/N-ethyl adjacent to an activating group) is 1. The summed E-state index contributed by atoms with van der Waals surface area (Å²) in [7, 11) is 1.53. The molecule has 86 valence electrons. The van der Waals surface area contributed by atoms with E-state index in [1.54, 1.807) is 11.3 Å². The number of rotatable bonds is 4. The third-order valence-corrected chi connectivity index (χ3v) is 3.66. The number of likely N-dealkylation sites (tertiary alicyclic amines) is 1. The van der Waals surface area contributed by atoms with Crippen molar-refractivity contribution in [1.29, 1.82) is 0 Å². The fourth-order valence-electron chi connectivity index (χ4n) is 1.74. The lowest BCUT2D eigenvalue weighted by molar-refractivity contribution is -0.137. The summed E-state index contributed by atoms with van der Waals surface area (Å²) in [6.45, 7) is 0.734. The minimum Gasteiger partial charge on any atom is -0.305 e. The lowest BCUT2D eigenvalue weighted by Crippen LogP contribution is -2.38. The van der Waals surface area contributed by atoms with E-state index < -0.39 is 0 Å². The number of imide groups is 1. The lowest BCUT2D eigenvalue weighted by atomic mass is 10.2. The Bertz CT molecular complexity index is 389. The maximum atomic E-state index is 11.6. The van der Waals surface area contributed by atoms with Gasteiger partial charge in [-0.05, 0) is 17.9 Å². The van der Waals surface area contributed by atoms with Crippen LogP contribution in [0.4, 0.5) is 0 Å². The number of nitrogens with zero attached hydrogens (tertiary/aromatic N) is 1. The molecule has 5 heteroatoms. The second-order valence-corrected chi connectivity index (χ2v) is 4.86. The first-order chi connectivity index (χ1) is 7.68. The van der Waals surface area contributed by atoms with Crippen molar-refractivity contribution in [3.05, 3.63) is 22.4 Å². The van der Waals surface area contributed by atoms with Gasteiger partial charge in [0.05, 0.1) is 12.5 Å². The first-order valence-electron chi connectivity index (χ1n) is 5.24. The van der Waals surface area contributed by atoms with E-state index in [0.29, 0.717) is 6.42 Å². The Morgan fingerprint density at radius 3 is 2.94 bits per heavy atom. The van der Waals surface area contributed by atoms with Crippen LogP contribution in [0.5, 0.6) is 0 Å². The quantitative estimate of drug-likeness (QED) is 0.783. The highest BCUT2D eigenvalue weighted by Crippen LogP contribution is 2.12. The van der Waals surface area contributed by atoms with E-state index in [0.717, 1.165) is 13.0 Å². The minimum atomic E-state index is -0.322. The number of hydrogen-bond acceptors (Lipinski definition) is 4. The predicted octanol–water partition coefficient (Wildman–Crippen LogP) is 0.637. The molecule has 0 spiro atoms. The molecule has 1 N–H and O–H groups in total. The molecule has 0 aromatic carbocycles. The summed E-state index contributed by atoms with van der Waals surface area (Å²) < 4.78 is 0. The Balaban J connectivity index is 1.79. The topological polar surface area (TPSA) is 49.4 Å². The van der Waals surface area contributed by atoms with Crippen LogP contribution in [0.3, 0.4) is 0 Å². The molecule has 1 aromatic heterocycles. The van der Waals surface area contributed by atoms with Crippen molar-refractivity contribution in [2.24, 2.45) is 0 Å². The molecule has 1 saturated heterocycles. The summed E-state index contributed by atoms with van der Waals surface area (Å²) in [5.41, 5.74) is 0. The van der Waals surface area contributed by atoms with Gasteiger partial charge in [-0.25, -0.2) is 0 Å². The van der Waals surface area contributed by atoms with Crippen LogP contribution < -0.4 is 5.32 Å². The van der Waals surface area contributed by atoms with Crippen LogP contribution in [0.2, 0.25) is 0 Å². The van der Waals surface area contributed by atoms with Gasteiger partial charge in [0.25, 0.3) is 0 Å². The van der Waals surface area contributed by atoms with E-state index in [2.05, 4.69) is 11.4 Å². The van der Waals surface area contributed by atoms with Crippen LogP contribution >= 0.6 is 11.3 Å². The number of carbonyl (C=O) groups is 2. The van der Waals surface area contributed by atoms with Crippen LogP contribution in [0, 0.1) is 0 Å². The maximum Gasteiger partial charge on any atom is 0.246 e. The molecule has 1 unspecified atom stereocenters. The summed E-state index contributed by atoms with van der Waals surface area (Å²) in [5.74, 6) is -0.213. The van der Waals surface area contributed by atoms with E-state index >= 15 is 0 Å². The summed E-state index contributed by atoms with van der Waals surface area (Å²) >= 11 is 1.71. The van der Waals surface area contributed by atoms with Crippen molar-refractivity contribution in [2.45, 2.75) is 18.9 Å². The van der Waals surface area contributed by atoms with Gasteiger partial charge in [0.2, 0.25) is 11.8 Å². The number of hydrogen-bond donors (Lipinski definition) is 1. The molecule has 2 heterocycles. The fourth-order valence-corrected chi connectivity index (χ4v) is 2.45. The van der Waals surface area contributed by atoms with Gasteiger partial charge in [-0.1, -0.05) is 6.07 Å². The Labute approximate surface area is 98.3 Å². The van der Waals surface area contributed by atoms with Crippen molar-refractivity contribution in [2.75, 3.05) is 13.6 Å². The normalized spacial score (nSPS) is 20.8. The molecule has 1 aliphatic heterocycles. The molecular weight excluding hydrogens is 224 g/mol. The number of carbonyl (C=O) groups excluding carboxylic acids is 2. The number of amides is 2. The monoisotopic (exact) mass is 238 g/mol. The number of thiophene rings is 1. The second kappa shape index (κ2) is 4.76. The van der Waals surface area contributed by atoms with Crippen molar-refractivity contribution >= 4 is 23.2 Å². The molecule has 16 heavy (non-hydrogen) atoms. The first-order valence-corrected chi connectivity index (χ1v) is 6.12. The maximum absolute atomic E-state index is 11.6. The SMILES string of the molecule is CN1C(=O)CC(NCCc2cccs2)C1=O. The van der Waals surface area contributed by atoms with Crippen LogP contribution in [-0.4, -0.2) is 36.3 Å². The molecule has 4 nitrogen and oxygen atoms in total. The van der Waals surface area contributed by atoms with E-state index in [1.807, 2.05) is 11.4 Å². The zero-order chi connectivity index (χ0) is 11.5. The van der Waals surface area contributed by atoms with Crippen LogP contribution in [-0.2, 0) is 16.0 Å². The van der Waals surface area contributed by atoms with Crippen molar-refractivity contribution in [3.8, 4) is 0 Å². The third-order valence-electron chi connectivity index (χ3n) is 2.72. The summed E-state index contributed by atoms with van der Waals surface area (Å²) in [5, 5.41) is 5.16. The standard InChI is InChI=1S/C11H14N2O2S/c1-13-10(14)7-9(11(13)15)12-5-4-8-3-2-6-16-8/h2-3,6,9,12H,4-5,7H2,1H3. The van der Waals surface area contributed by atoms with Crippen molar-refractivity contribution in [1.82, 2.24) is 10.2 Å². The zero-order valence-corrected chi connectivity index (χ0v) is 9.92. The van der Waals surface area contributed by atoms with Crippen LogP contribution in [0.15, 0.2) is 17.5 Å².